The van der Waals surface area contributed by atoms with Gasteiger partial charge in [0, 0.05) is 24.9 Å². The Morgan fingerprint density at radius 3 is 1.75 bits per heavy atom. The molecule has 1 N–H and O–H groups in total. The van der Waals surface area contributed by atoms with E-state index in [0.29, 0.717) is 31.5 Å². The number of amides is 1. The summed E-state index contributed by atoms with van der Waals surface area (Å²) in [6.45, 7) is 1.05. The van der Waals surface area contributed by atoms with Crippen LogP contribution in [0, 0.1) is 5.92 Å². The first-order valence-electron chi connectivity index (χ1n) is 10.7. The van der Waals surface area contributed by atoms with Crippen LogP contribution in [0.15, 0.2) is 89.8 Å². The van der Waals surface area contributed by atoms with E-state index in [0.717, 1.165) is 17.4 Å². The number of piperidine rings is 1. The van der Waals surface area contributed by atoms with Crippen molar-refractivity contribution in [2.45, 2.75) is 23.3 Å². The standard InChI is InChI=1S/C26H27NO4S/c1-32(30,31)24-14-12-20(13-15-24)25(28)27-18-16-23(17-19-27)26(29,21-8-4-2-5-9-21)22-10-6-3-7-11-22/h2-15,23,29H,16-19H2,1H3. The summed E-state index contributed by atoms with van der Waals surface area (Å²) in [4.78, 5) is 14.9. The largest absolute Gasteiger partial charge is 0.380 e. The van der Waals surface area contributed by atoms with Crippen LogP contribution in [0.25, 0.3) is 0 Å². The maximum Gasteiger partial charge on any atom is 0.253 e. The van der Waals surface area contributed by atoms with E-state index in [-0.39, 0.29) is 16.7 Å². The predicted molar refractivity (Wildman–Crippen MR) is 124 cm³/mol. The molecule has 1 heterocycles. The zero-order valence-electron chi connectivity index (χ0n) is 18.0. The van der Waals surface area contributed by atoms with Crippen molar-refractivity contribution < 1.29 is 18.3 Å². The Morgan fingerprint density at radius 1 is 0.844 bits per heavy atom. The Bertz CT molecular complexity index is 1130. The molecule has 0 radical (unpaired) electrons. The van der Waals surface area contributed by atoms with E-state index in [9.17, 15) is 18.3 Å². The monoisotopic (exact) mass is 449 g/mol. The molecule has 0 unspecified atom stereocenters. The van der Waals surface area contributed by atoms with Crippen molar-refractivity contribution in [3.05, 3.63) is 102 Å². The summed E-state index contributed by atoms with van der Waals surface area (Å²) in [6.07, 6.45) is 2.47. The van der Waals surface area contributed by atoms with Gasteiger partial charge in [0.2, 0.25) is 0 Å². The fraction of sp³-hybridized carbons (Fsp3) is 0.269. The molecule has 4 rings (SSSR count). The van der Waals surface area contributed by atoms with Crippen LogP contribution in [0.3, 0.4) is 0 Å². The van der Waals surface area contributed by atoms with E-state index in [2.05, 4.69) is 0 Å². The lowest BCUT2D eigenvalue weighted by Crippen LogP contribution is -2.46. The van der Waals surface area contributed by atoms with E-state index >= 15 is 0 Å². The van der Waals surface area contributed by atoms with Gasteiger partial charge in [-0.3, -0.25) is 4.79 Å². The number of sulfone groups is 1. The van der Waals surface area contributed by atoms with Gasteiger partial charge in [0.1, 0.15) is 5.60 Å². The second-order valence-corrected chi connectivity index (χ2v) is 10.4. The lowest BCUT2D eigenvalue weighted by molar-refractivity contribution is -0.0122. The Balaban J connectivity index is 1.53. The summed E-state index contributed by atoms with van der Waals surface area (Å²) in [5.74, 6) is -0.157. The highest BCUT2D eigenvalue weighted by Crippen LogP contribution is 2.42. The normalized spacial score (nSPS) is 15.5. The highest BCUT2D eigenvalue weighted by molar-refractivity contribution is 7.90. The average molecular weight is 450 g/mol. The quantitative estimate of drug-likeness (QED) is 0.642. The van der Waals surface area contributed by atoms with Crippen LogP contribution in [-0.4, -0.2) is 43.7 Å². The van der Waals surface area contributed by atoms with Gasteiger partial charge in [0.05, 0.1) is 4.90 Å². The molecule has 0 atom stereocenters. The van der Waals surface area contributed by atoms with Gasteiger partial charge in [0.15, 0.2) is 9.84 Å². The van der Waals surface area contributed by atoms with Crippen LogP contribution in [0.5, 0.6) is 0 Å². The number of aliphatic hydroxyl groups is 1. The fourth-order valence-corrected chi connectivity index (χ4v) is 5.18. The van der Waals surface area contributed by atoms with Crippen molar-refractivity contribution in [1.82, 2.24) is 4.90 Å². The van der Waals surface area contributed by atoms with Crippen molar-refractivity contribution in [2.75, 3.05) is 19.3 Å². The molecule has 0 saturated carbocycles. The Labute approximate surface area is 189 Å². The molecular formula is C26H27NO4S. The fourth-order valence-electron chi connectivity index (χ4n) is 4.55. The van der Waals surface area contributed by atoms with Crippen LogP contribution in [0.1, 0.15) is 34.3 Å². The molecule has 0 bridgehead atoms. The molecule has 166 valence electrons. The minimum atomic E-state index is -3.30. The highest BCUT2D eigenvalue weighted by Gasteiger charge is 2.42. The average Bonchev–Trinajstić information content (AvgIpc) is 2.84. The number of hydrogen-bond donors (Lipinski definition) is 1. The molecule has 1 fully saturated rings. The van der Waals surface area contributed by atoms with Crippen molar-refractivity contribution in [1.29, 1.82) is 0 Å². The lowest BCUT2D eigenvalue weighted by atomic mass is 9.72. The van der Waals surface area contributed by atoms with E-state index in [1.54, 1.807) is 17.0 Å². The van der Waals surface area contributed by atoms with Crippen LogP contribution in [0.2, 0.25) is 0 Å². The number of benzene rings is 3. The lowest BCUT2D eigenvalue weighted by Gasteiger charge is -2.42. The summed E-state index contributed by atoms with van der Waals surface area (Å²) in [5, 5.41) is 12.0. The van der Waals surface area contributed by atoms with E-state index in [1.165, 1.54) is 12.1 Å². The predicted octanol–water partition coefficient (Wildman–Crippen LogP) is 3.88. The number of hydrogen-bond acceptors (Lipinski definition) is 4. The van der Waals surface area contributed by atoms with Crippen molar-refractivity contribution in [3.8, 4) is 0 Å². The van der Waals surface area contributed by atoms with Gasteiger partial charge < -0.3 is 10.0 Å². The summed E-state index contributed by atoms with van der Waals surface area (Å²) in [6, 6.07) is 25.5. The van der Waals surface area contributed by atoms with Crippen molar-refractivity contribution in [2.24, 2.45) is 5.92 Å². The summed E-state index contributed by atoms with van der Waals surface area (Å²) in [7, 11) is -3.30. The Morgan fingerprint density at radius 2 is 1.31 bits per heavy atom. The third kappa shape index (κ3) is 4.33. The van der Waals surface area contributed by atoms with Crippen LogP contribution < -0.4 is 0 Å². The first-order chi connectivity index (χ1) is 15.3. The smallest absolute Gasteiger partial charge is 0.253 e. The van der Waals surface area contributed by atoms with E-state index in [1.807, 2.05) is 60.7 Å². The summed E-state index contributed by atoms with van der Waals surface area (Å²) >= 11 is 0. The zero-order valence-corrected chi connectivity index (χ0v) is 18.8. The van der Waals surface area contributed by atoms with Gasteiger partial charge in [0.25, 0.3) is 5.91 Å². The van der Waals surface area contributed by atoms with Gasteiger partial charge in [-0.1, -0.05) is 60.7 Å². The van der Waals surface area contributed by atoms with Gasteiger partial charge in [-0.15, -0.1) is 0 Å². The summed E-state index contributed by atoms with van der Waals surface area (Å²) < 4.78 is 23.3. The Kier molecular flexibility index (Phi) is 6.17. The van der Waals surface area contributed by atoms with Gasteiger partial charge >= 0.3 is 0 Å². The van der Waals surface area contributed by atoms with Gasteiger partial charge in [-0.2, -0.15) is 0 Å². The molecule has 1 aliphatic heterocycles. The topological polar surface area (TPSA) is 74.7 Å². The van der Waals surface area contributed by atoms with Crippen LogP contribution in [0.4, 0.5) is 0 Å². The zero-order chi connectivity index (χ0) is 22.8. The minimum Gasteiger partial charge on any atom is -0.380 e. The third-order valence-corrected chi connectivity index (χ3v) is 7.46. The number of carbonyl (C=O) groups excluding carboxylic acids is 1. The Hall–Kier alpha value is -2.96. The molecule has 1 aliphatic rings. The molecule has 3 aromatic rings. The van der Waals surface area contributed by atoms with Crippen molar-refractivity contribution in [3.63, 3.8) is 0 Å². The third-order valence-electron chi connectivity index (χ3n) is 6.33. The number of likely N-dealkylation sites (tertiary alicyclic amines) is 1. The molecule has 1 saturated heterocycles. The van der Waals surface area contributed by atoms with Gasteiger partial charge in [-0.25, -0.2) is 8.42 Å². The SMILES string of the molecule is CS(=O)(=O)c1ccc(C(=O)N2CCC(C(O)(c3ccccc3)c3ccccc3)CC2)cc1. The molecule has 6 heteroatoms. The van der Waals surface area contributed by atoms with Crippen molar-refractivity contribution >= 4 is 15.7 Å². The molecule has 1 amide bonds. The van der Waals surface area contributed by atoms with E-state index in [4.69, 9.17) is 0 Å². The first kappa shape index (κ1) is 22.2. The van der Waals surface area contributed by atoms with Crippen LogP contribution >= 0.6 is 0 Å². The molecule has 32 heavy (non-hydrogen) atoms. The highest BCUT2D eigenvalue weighted by atomic mass is 32.2. The maximum atomic E-state index is 13.0. The van der Waals surface area contributed by atoms with Gasteiger partial charge in [-0.05, 0) is 54.2 Å². The number of rotatable bonds is 5. The number of carbonyl (C=O) groups is 1. The second kappa shape index (κ2) is 8.88. The molecule has 0 spiro atoms. The maximum absolute atomic E-state index is 13.0. The first-order valence-corrected chi connectivity index (χ1v) is 12.6. The molecule has 0 aromatic heterocycles. The van der Waals surface area contributed by atoms with E-state index < -0.39 is 15.4 Å². The summed E-state index contributed by atoms with van der Waals surface area (Å²) in [5.41, 5.74) is 1.05. The minimum absolute atomic E-state index is 0.0380. The molecule has 5 nitrogen and oxygen atoms in total. The molecule has 0 aliphatic carbocycles. The molecular weight excluding hydrogens is 422 g/mol. The second-order valence-electron chi connectivity index (χ2n) is 8.36. The number of nitrogens with zero attached hydrogens (tertiary/aromatic N) is 1. The van der Waals surface area contributed by atoms with Crippen LogP contribution in [-0.2, 0) is 15.4 Å². The molecule has 3 aromatic carbocycles.